The number of hydrogen-bond donors (Lipinski definition) is 1. The van der Waals surface area contributed by atoms with Gasteiger partial charge >= 0.3 is 0 Å². The third-order valence-corrected chi connectivity index (χ3v) is 6.32. The minimum absolute atomic E-state index is 0.272. The lowest BCUT2D eigenvalue weighted by molar-refractivity contribution is 0.410. The van der Waals surface area contributed by atoms with Gasteiger partial charge in [0.15, 0.2) is 0 Å². The molecule has 28 heavy (non-hydrogen) atoms. The Morgan fingerprint density at radius 1 is 1.00 bits per heavy atom. The number of sulfonamides is 1. The number of methoxy groups -OCH3 is 1. The summed E-state index contributed by atoms with van der Waals surface area (Å²) in [6.45, 7) is 7.22. The molecule has 7 heteroatoms. The largest absolute Gasteiger partial charge is 0.496 e. The second-order valence-electron chi connectivity index (χ2n) is 6.65. The number of aryl methyl sites for hydroxylation is 2. The molecule has 0 aliphatic carbocycles. The maximum atomic E-state index is 13.1. The molecule has 0 amide bonds. The summed E-state index contributed by atoms with van der Waals surface area (Å²) < 4.78 is 34.3. The Labute approximate surface area is 165 Å². The maximum absolute atomic E-state index is 13.1. The second kappa shape index (κ2) is 7.59. The summed E-state index contributed by atoms with van der Waals surface area (Å²) in [5.74, 6) is 1.33. The molecule has 1 N–H and O–H groups in total. The lowest BCUT2D eigenvalue weighted by Gasteiger charge is -2.17. The van der Waals surface area contributed by atoms with Crippen molar-refractivity contribution in [1.29, 1.82) is 0 Å². The van der Waals surface area contributed by atoms with Gasteiger partial charge < -0.3 is 4.74 Å². The summed E-state index contributed by atoms with van der Waals surface area (Å²) in [5, 5.41) is 0. The fourth-order valence-electron chi connectivity index (χ4n) is 3.21. The van der Waals surface area contributed by atoms with Crippen molar-refractivity contribution < 1.29 is 13.2 Å². The Balaban J connectivity index is 2.00. The van der Waals surface area contributed by atoms with Gasteiger partial charge in [-0.05, 0) is 68.7 Å². The number of rotatable bonds is 5. The van der Waals surface area contributed by atoms with Crippen LogP contribution in [0.5, 0.6) is 5.75 Å². The van der Waals surface area contributed by atoms with Crippen LogP contribution < -0.4 is 9.46 Å². The van der Waals surface area contributed by atoms with Gasteiger partial charge in [-0.3, -0.25) is 4.72 Å². The first-order valence-corrected chi connectivity index (χ1v) is 10.3. The van der Waals surface area contributed by atoms with Crippen LogP contribution in [0, 0.1) is 27.7 Å². The minimum Gasteiger partial charge on any atom is -0.496 e. The molecule has 3 aromatic rings. The zero-order chi connectivity index (χ0) is 20.5. The van der Waals surface area contributed by atoms with Gasteiger partial charge in [0.2, 0.25) is 0 Å². The third kappa shape index (κ3) is 3.84. The number of nitrogens with one attached hydrogen (secondary N) is 1. The molecular weight excluding hydrogens is 374 g/mol. The van der Waals surface area contributed by atoms with E-state index in [0.717, 1.165) is 16.8 Å². The summed E-state index contributed by atoms with van der Waals surface area (Å²) in [5.41, 5.74) is 4.13. The number of anilines is 1. The van der Waals surface area contributed by atoms with Gasteiger partial charge in [-0.25, -0.2) is 18.4 Å². The molecular formula is C21H23N3O3S. The molecule has 0 aliphatic heterocycles. The van der Waals surface area contributed by atoms with E-state index in [4.69, 9.17) is 4.74 Å². The highest BCUT2D eigenvalue weighted by Crippen LogP contribution is 2.32. The number of ether oxygens (including phenoxy) is 1. The smallest absolute Gasteiger partial charge is 0.262 e. The van der Waals surface area contributed by atoms with E-state index < -0.39 is 10.0 Å². The highest BCUT2D eigenvalue weighted by atomic mass is 32.2. The first-order valence-electron chi connectivity index (χ1n) is 8.80. The second-order valence-corrected chi connectivity index (χ2v) is 8.27. The molecule has 0 radical (unpaired) electrons. The first kappa shape index (κ1) is 19.8. The molecule has 1 aromatic heterocycles. The molecule has 0 unspecified atom stereocenters. The average Bonchev–Trinajstić information content (AvgIpc) is 2.64. The van der Waals surface area contributed by atoms with Gasteiger partial charge in [0.25, 0.3) is 10.0 Å². The van der Waals surface area contributed by atoms with Gasteiger partial charge in [-0.1, -0.05) is 12.1 Å². The van der Waals surface area contributed by atoms with E-state index in [1.54, 1.807) is 57.5 Å². The van der Waals surface area contributed by atoms with Crippen LogP contribution in [0.25, 0.3) is 11.3 Å². The molecule has 2 aromatic carbocycles. The molecule has 0 saturated carbocycles. The van der Waals surface area contributed by atoms with Crippen molar-refractivity contribution in [3.63, 3.8) is 0 Å². The van der Waals surface area contributed by atoms with Crippen molar-refractivity contribution >= 4 is 15.7 Å². The van der Waals surface area contributed by atoms with E-state index in [2.05, 4.69) is 14.7 Å². The lowest BCUT2D eigenvalue weighted by Crippen LogP contribution is -2.16. The Bertz CT molecular complexity index is 1140. The Kier molecular flexibility index (Phi) is 5.38. The van der Waals surface area contributed by atoms with Crippen LogP contribution in [0.3, 0.4) is 0 Å². The molecule has 0 bridgehead atoms. The summed E-state index contributed by atoms with van der Waals surface area (Å²) in [6, 6.07) is 10.7. The summed E-state index contributed by atoms with van der Waals surface area (Å²) >= 11 is 0. The molecule has 1 heterocycles. The molecule has 0 spiro atoms. The summed E-state index contributed by atoms with van der Waals surface area (Å²) in [7, 11) is -2.19. The summed E-state index contributed by atoms with van der Waals surface area (Å²) in [4.78, 5) is 8.76. The quantitative estimate of drug-likeness (QED) is 0.698. The van der Waals surface area contributed by atoms with Gasteiger partial charge in [-0.15, -0.1) is 0 Å². The van der Waals surface area contributed by atoms with E-state index in [1.165, 1.54) is 0 Å². The molecule has 0 aliphatic rings. The SMILES string of the molecule is COc1cc(C)c(S(=O)(=O)Nc2cccc(-c3ccnc(C)n3)c2)c(C)c1C. The van der Waals surface area contributed by atoms with Gasteiger partial charge in [0, 0.05) is 17.4 Å². The minimum atomic E-state index is -3.77. The monoisotopic (exact) mass is 397 g/mol. The highest BCUT2D eigenvalue weighted by Gasteiger charge is 2.23. The topological polar surface area (TPSA) is 81.2 Å². The molecule has 3 rings (SSSR count). The van der Waals surface area contributed by atoms with Crippen LogP contribution in [-0.4, -0.2) is 25.5 Å². The van der Waals surface area contributed by atoms with Crippen molar-refractivity contribution in [2.45, 2.75) is 32.6 Å². The Morgan fingerprint density at radius 2 is 1.75 bits per heavy atom. The Hall–Kier alpha value is -2.93. The molecule has 0 atom stereocenters. The maximum Gasteiger partial charge on any atom is 0.262 e. The highest BCUT2D eigenvalue weighted by molar-refractivity contribution is 7.92. The first-order chi connectivity index (χ1) is 13.2. The molecule has 146 valence electrons. The van der Waals surface area contributed by atoms with E-state index in [-0.39, 0.29) is 4.90 Å². The molecule has 0 saturated heterocycles. The predicted octanol–water partition coefficient (Wildman–Crippen LogP) is 4.19. The van der Waals surface area contributed by atoms with Crippen molar-refractivity contribution in [3.8, 4) is 17.0 Å². The number of benzene rings is 2. The van der Waals surface area contributed by atoms with Crippen LogP contribution in [0.15, 0.2) is 47.5 Å². The molecule has 6 nitrogen and oxygen atoms in total. The zero-order valence-corrected chi connectivity index (χ0v) is 17.4. The number of hydrogen-bond acceptors (Lipinski definition) is 5. The van der Waals surface area contributed by atoms with E-state index in [1.807, 2.05) is 19.9 Å². The van der Waals surface area contributed by atoms with E-state index >= 15 is 0 Å². The normalized spacial score (nSPS) is 11.3. The van der Waals surface area contributed by atoms with E-state index in [9.17, 15) is 8.42 Å². The van der Waals surface area contributed by atoms with Gasteiger partial charge in [-0.2, -0.15) is 0 Å². The van der Waals surface area contributed by atoms with Gasteiger partial charge in [0.1, 0.15) is 11.6 Å². The van der Waals surface area contributed by atoms with Crippen molar-refractivity contribution in [3.05, 3.63) is 65.1 Å². The van der Waals surface area contributed by atoms with Crippen LogP contribution in [0.1, 0.15) is 22.5 Å². The van der Waals surface area contributed by atoms with Crippen LogP contribution >= 0.6 is 0 Å². The fraction of sp³-hybridized carbons (Fsp3) is 0.238. The van der Waals surface area contributed by atoms with Crippen LogP contribution in [0.4, 0.5) is 5.69 Å². The predicted molar refractivity (Wildman–Crippen MR) is 110 cm³/mol. The average molecular weight is 398 g/mol. The lowest BCUT2D eigenvalue weighted by atomic mass is 10.1. The molecule has 0 fully saturated rings. The van der Waals surface area contributed by atoms with Crippen LogP contribution in [0.2, 0.25) is 0 Å². The van der Waals surface area contributed by atoms with Crippen molar-refractivity contribution in [2.24, 2.45) is 0 Å². The van der Waals surface area contributed by atoms with Crippen molar-refractivity contribution in [1.82, 2.24) is 9.97 Å². The summed E-state index contributed by atoms with van der Waals surface area (Å²) in [6.07, 6.45) is 1.68. The Morgan fingerprint density at radius 3 is 2.43 bits per heavy atom. The van der Waals surface area contributed by atoms with Crippen LogP contribution in [-0.2, 0) is 10.0 Å². The zero-order valence-electron chi connectivity index (χ0n) is 16.6. The third-order valence-electron chi connectivity index (χ3n) is 4.65. The number of nitrogens with zero attached hydrogens (tertiary/aromatic N) is 2. The van der Waals surface area contributed by atoms with Gasteiger partial charge in [0.05, 0.1) is 17.7 Å². The van der Waals surface area contributed by atoms with E-state index in [0.29, 0.717) is 28.4 Å². The van der Waals surface area contributed by atoms with Crippen molar-refractivity contribution in [2.75, 3.05) is 11.8 Å². The fourth-order valence-corrected chi connectivity index (χ4v) is 4.79. The standard InChI is InChI=1S/C21H23N3O3S/c1-13-11-20(27-5)14(2)15(3)21(13)28(25,26)24-18-8-6-7-17(12-18)19-9-10-22-16(4)23-19/h6-12,24H,1-5H3. The number of aromatic nitrogens is 2.